The second-order valence-electron chi connectivity index (χ2n) is 4.84. The lowest BCUT2D eigenvalue weighted by Crippen LogP contribution is -2.17. The van der Waals surface area contributed by atoms with Gasteiger partial charge in [0.1, 0.15) is 13.2 Å². The molecule has 0 amide bonds. The minimum Gasteiger partial charge on any atom is -0.486 e. The molecule has 0 saturated carbocycles. The zero-order valence-electron chi connectivity index (χ0n) is 11.5. The molecule has 0 bridgehead atoms. The maximum Gasteiger partial charge on any atom is 0.179 e. The van der Waals surface area contributed by atoms with E-state index < -0.39 is 0 Å². The van der Waals surface area contributed by atoms with Crippen LogP contribution in [-0.2, 0) is 6.54 Å². The zero-order chi connectivity index (χ0) is 13.5. The number of halogens is 1. The number of ether oxygens (including phenoxy) is 2. The third-order valence-corrected chi connectivity index (χ3v) is 3.47. The van der Waals surface area contributed by atoms with E-state index in [2.05, 4.69) is 12.2 Å². The Morgan fingerprint density at radius 3 is 2.84 bits per heavy atom. The molecule has 19 heavy (non-hydrogen) atoms. The summed E-state index contributed by atoms with van der Waals surface area (Å²) in [5.74, 6) is 1.45. The maximum atomic E-state index is 6.20. The lowest BCUT2D eigenvalue weighted by atomic mass is 10.1. The van der Waals surface area contributed by atoms with Gasteiger partial charge < -0.3 is 14.8 Å². The van der Waals surface area contributed by atoms with Gasteiger partial charge in [0, 0.05) is 6.54 Å². The number of hydrogen-bond donors (Lipinski definition) is 1. The molecular weight excluding hydrogens is 262 g/mol. The van der Waals surface area contributed by atoms with Gasteiger partial charge in [0.25, 0.3) is 0 Å². The van der Waals surface area contributed by atoms with Crippen molar-refractivity contribution >= 4 is 11.6 Å². The zero-order valence-corrected chi connectivity index (χ0v) is 12.3. The van der Waals surface area contributed by atoms with Crippen molar-refractivity contribution in [1.29, 1.82) is 0 Å². The minimum absolute atomic E-state index is 0.571. The predicted molar refractivity (Wildman–Crippen MR) is 78.3 cm³/mol. The van der Waals surface area contributed by atoms with Crippen LogP contribution in [0.25, 0.3) is 0 Å². The monoisotopic (exact) mass is 283 g/mol. The van der Waals surface area contributed by atoms with E-state index in [-0.39, 0.29) is 0 Å². The van der Waals surface area contributed by atoms with Gasteiger partial charge in [-0.05, 0) is 30.7 Å². The molecule has 0 aromatic heterocycles. The second kappa shape index (κ2) is 7.61. The Morgan fingerprint density at radius 2 is 2.00 bits per heavy atom. The molecule has 1 N–H and O–H groups in total. The second-order valence-corrected chi connectivity index (χ2v) is 5.25. The fourth-order valence-electron chi connectivity index (χ4n) is 2.18. The van der Waals surface area contributed by atoms with Crippen molar-refractivity contribution in [2.45, 2.75) is 39.2 Å². The van der Waals surface area contributed by atoms with E-state index in [0.717, 1.165) is 24.4 Å². The Hall–Kier alpha value is -0.930. The molecule has 1 aromatic rings. The first kappa shape index (κ1) is 14.5. The molecule has 2 rings (SSSR count). The number of hydrogen-bond acceptors (Lipinski definition) is 3. The number of fused-ring (bicyclic) bond motifs is 1. The van der Waals surface area contributed by atoms with E-state index in [9.17, 15) is 0 Å². The molecule has 0 unspecified atom stereocenters. The van der Waals surface area contributed by atoms with Crippen molar-refractivity contribution < 1.29 is 9.47 Å². The van der Waals surface area contributed by atoms with Crippen molar-refractivity contribution in [3.05, 3.63) is 22.7 Å². The van der Waals surface area contributed by atoms with E-state index >= 15 is 0 Å². The molecule has 106 valence electrons. The fourth-order valence-corrected chi connectivity index (χ4v) is 2.46. The Morgan fingerprint density at radius 1 is 1.16 bits per heavy atom. The van der Waals surface area contributed by atoms with Gasteiger partial charge in [-0.2, -0.15) is 0 Å². The van der Waals surface area contributed by atoms with Gasteiger partial charge in [0.15, 0.2) is 11.5 Å². The van der Waals surface area contributed by atoms with Crippen molar-refractivity contribution in [2.75, 3.05) is 19.8 Å². The molecule has 0 radical (unpaired) electrons. The highest BCUT2D eigenvalue weighted by molar-refractivity contribution is 6.32. The van der Waals surface area contributed by atoms with Crippen molar-refractivity contribution in [2.24, 2.45) is 0 Å². The van der Waals surface area contributed by atoms with Gasteiger partial charge in [-0.25, -0.2) is 0 Å². The highest BCUT2D eigenvalue weighted by Crippen LogP contribution is 2.38. The molecule has 3 nitrogen and oxygen atoms in total. The Balaban J connectivity index is 1.82. The molecule has 1 aliphatic heterocycles. The first-order valence-corrected chi connectivity index (χ1v) is 7.48. The maximum absolute atomic E-state index is 6.20. The van der Waals surface area contributed by atoms with Crippen molar-refractivity contribution in [3.8, 4) is 11.5 Å². The van der Waals surface area contributed by atoms with E-state index in [1.165, 1.54) is 25.7 Å². The molecule has 1 heterocycles. The molecule has 0 aliphatic carbocycles. The summed E-state index contributed by atoms with van der Waals surface area (Å²) in [6.07, 6.45) is 5.12. The number of nitrogens with one attached hydrogen (secondary N) is 1. The van der Waals surface area contributed by atoms with Crippen LogP contribution in [0.2, 0.25) is 5.02 Å². The van der Waals surface area contributed by atoms with Crippen LogP contribution < -0.4 is 14.8 Å². The first-order chi connectivity index (χ1) is 9.31. The van der Waals surface area contributed by atoms with Crippen molar-refractivity contribution in [3.63, 3.8) is 0 Å². The summed E-state index contributed by atoms with van der Waals surface area (Å²) < 4.78 is 11.1. The van der Waals surface area contributed by atoms with Crippen molar-refractivity contribution in [1.82, 2.24) is 5.32 Å². The van der Waals surface area contributed by atoms with Crippen LogP contribution in [0.1, 0.15) is 38.2 Å². The topological polar surface area (TPSA) is 30.5 Å². The van der Waals surface area contributed by atoms with Crippen LogP contribution in [0.15, 0.2) is 12.1 Å². The molecule has 0 saturated heterocycles. The molecule has 1 aromatic carbocycles. The summed E-state index contributed by atoms with van der Waals surface area (Å²) in [7, 11) is 0. The van der Waals surface area contributed by atoms with Crippen LogP contribution in [0.5, 0.6) is 11.5 Å². The standard InChI is InChI=1S/C15H22ClNO2/c1-2-3-4-5-6-17-11-12-9-13(16)15-14(10-12)18-7-8-19-15/h9-10,17H,2-8,11H2,1H3. The van der Waals surface area contributed by atoms with Gasteiger partial charge in [-0.1, -0.05) is 37.8 Å². The van der Waals surface area contributed by atoms with E-state index in [1.54, 1.807) is 0 Å². The molecule has 4 heteroatoms. The average Bonchev–Trinajstić information content (AvgIpc) is 2.43. The smallest absolute Gasteiger partial charge is 0.179 e. The average molecular weight is 284 g/mol. The summed E-state index contributed by atoms with van der Waals surface area (Å²) in [4.78, 5) is 0. The first-order valence-electron chi connectivity index (χ1n) is 7.10. The molecule has 1 aliphatic rings. The van der Waals surface area contributed by atoms with Gasteiger partial charge in [0.2, 0.25) is 0 Å². The molecule has 0 atom stereocenters. The number of unbranched alkanes of at least 4 members (excludes halogenated alkanes) is 3. The van der Waals surface area contributed by atoms with Gasteiger partial charge in [-0.3, -0.25) is 0 Å². The quantitative estimate of drug-likeness (QED) is 0.773. The van der Waals surface area contributed by atoms with Gasteiger partial charge in [-0.15, -0.1) is 0 Å². The minimum atomic E-state index is 0.571. The normalized spacial score (nSPS) is 13.6. The highest BCUT2D eigenvalue weighted by Gasteiger charge is 2.16. The summed E-state index contributed by atoms with van der Waals surface area (Å²) in [5, 5.41) is 4.08. The van der Waals surface area contributed by atoms with E-state index in [1.807, 2.05) is 12.1 Å². The lowest BCUT2D eigenvalue weighted by Gasteiger charge is -2.20. The van der Waals surface area contributed by atoms with Crippen LogP contribution in [0.3, 0.4) is 0 Å². The fraction of sp³-hybridized carbons (Fsp3) is 0.600. The molecule has 0 spiro atoms. The summed E-state index contributed by atoms with van der Waals surface area (Å²) in [6, 6.07) is 3.97. The number of rotatable bonds is 7. The number of benzene rings is 1. The van der Waals surface area contributed by atoms with Crippen LogP contribution in [0, 0.1) is 0 Å². The summed E-state index contributed by atoms with van der Waals surface area (Å²) >= 11 is 6.20. The third kappa shape index (κ3) is 4.29. The van der Waals surface area contributed by atoms with Gasteiger partial charge in [0.05, 0.1) is 5.02 Å². The lowest BCUT2D eigenvalue weighted by molar-refractivity contribution is 0.171. The van der Waals surface area contributed by atoms with Crippen LogP contribution in [-0.4, -0.2) is 19.8 Å². The highest BCUT2D eigenvalue weighted by atomic mass is 35.5. The van der Waals surface area contributed by atoms with E-state index in [0.29, 0.717) is 24.0 Å². The predicted octanol–water partition coefficient (Wildman–Crippen LogP) is 3.78. The summed E-state index contributed by atoms with van der Waals surface area (Å²) in [5.41, 5.74) is 1.14. The SMILES string of the molecule is CCCCCCNCc1cc(Cl)c2c(c1)OCCO2. The Labute approximate surface area is 120 Å². The van der Waals surface area contributed by atoms with Gasteiger partial charge >= 0.3 is 0 Å². The Kier molecular flexibility index (Phi) is 5.80. The van der Waals surface area contributed by atoms with E-state index in [4.69, 9.17) is 21.1 Å². The largest absolute Gasteiger partial charge is 0.486 e. The third-order valence-electron chi connectivity index (χ3n) is 3.19. The molecular formula is C15H22ClNO2. The summed E-state index contributed by atoms with van der Waals surface area (Å²) in [6.45, 7) is 5.26. The Bertz CT molecular complexity index is 409. The molecule has 0 fully saturated rings. The van der Waals surface area contributed by atoms with Crippen LogP contribution >= 0.6 is 11.6 Å². The van der Waals surface area contributed by atoms with Crippen LogP contribution in [0.4, 0.5) is 0 Å².